The fourth-order valence-electron chi connectivity index (χ4n) is 2.91. The molecule has 2 heterocycles. The minimum Gasteiger partial charge on any atom is -0.357 e. The molecule has 0 bridgehead atoms. The van der Waals surface area contributed by atoms with E-state index >= 15 is 0 Å². The van der Waals surface area contributed by atoms with E-state index in [9.17, 15) is 18.4 Å². The number of aromatic nitrogens is 3. The van der Waals surface area contributed by atoms with Gasteiger partial charge in [0.2, 0.25) is 5.91 Å². The van der Waals surface area contributed by atoms with E-state index in [0.717, 1.165) is 23.5 Å². The lowest BCUT2D eigenvalue weighted by Crippen LogP contribution is -2.39. The van der Waals surface area contributed by atoms with Crippen LogP contribution in [0.4, 0.5) is 8.78 Å². The Morgan fingerprint density at radius 1 is 1.10 bits per heavy atom. The summed E-state index contributed by atoms with van der Waals surface area (Å²) < 4.78 is 28.5. The maximum absolute atomic E-state index is 13.6. The summed E-state index contributed by atoms with van der Waals surface area (Å²) in [7, 11) is 1.36. The molecule has 156 valence electrons. The lowest BCUT2D eigenvalue weighted by Gasteiger charge is -2.18. The van der Waals surface area contributed by atoms with E-state index in [4.69, 9.17) is 11.6 Å². The summed E-state index contributed by atoms with van der Waals surface area (Å²) >= 11 is 6.15. The van der Waals surface area contributed by atoms with Crippen LogP contribution in [0.2, 0.25) is 5.02 Å². The van der Waals surface area contributed by atoms with Gasteiger partial charge in [-0.05, 0) is 49.7 Å². The van der Waals surface area contributed by atoms with Crippen LogP contribution in [0.1, 0.15) is 33.5 Å². The fraction of sp³-hybridized carbons (Fsp3) is 0.200. The fourth-order valence-corrected chi connectivity index (χ4v) is 3.10. The summed E-state index contributed by atoms with van der Waals surface area (Å²) in [4.78, 5) is 29.4. The topological polar surface area (TPSA) is 88.9 Å². The van der Waals surface area contributed by atoms with Crippen molar-refractivity contribution in [3.63, 3.8) is 0 Å². The van der Waals surface area contributed by atoms with E-state index in [0.29, 0.717) is 5.82 Å². The number of carbonyl (C=O) groups is 2. The van der Waals surface area contributed by atoms with Crippen molar-refractivity contribution in [3.05, 3.63) is 75.7 Å². The zero-order valence-electron chi connectivity index (χ0n) is 16.3. The predicted octanol–water partition coefficient (Wildman–Crippen LogP) is 3.03. The quantitative estimate of drug-likeness (QED) is 0.647. The average Bonchev–Trinajstić information content (AvgIpc) is 3.06. The van der Waals surface area contributed by atoms with Crippen molar-refractivity contribution < 1.29 is 18.4 Å². The molecule has 2 aromatic heterocycles. The molecule has 3 rings (SSSR count). The minimum atomic E-state index is -1.28. The van der Waals surface area contributed by atoms with Gasteiger partial charge in [0.25, 0.3) is 5.91 Å². The van der Waals surface area contributed by atoms with Crippen molar-refractivity contribution in [1.82, 2.24) is 25.4 Å². The van der Waals surface area contributed by atoms with Gasteiger partial charge in [-0.1, -0.05) is 17.7 Å². The van der Waals surface area contributed by atoms with Crippen LogP contribution in [0.25, 0.3) is 5.82 Å². The second-order valence-electron chi connectivity index (χ2n) is 6.53. The SMILES string of the molecule is CNC(=O)C(NC(=O)c1nc(-n2nc(C)cc2C)ccc1Cl)c1ccc(F)c(F)c1. The van der Waals surface area contributed by atoms with Gasteiger partial charge < -0.3 is 10.6 Å². The van der Waals surface area contributed by atoms with Gasteiger partial charge in [-0.15, -0.1) is 0 Å². The van der Waals surface area contributed by atoms with Crippen molar-refractivity contribution in [2.24, 2.45) is 0 Å². The van der Waals surface area contributed by atoms with Gasteiger partial charge in [-0.25, -0.2) is 18.4 Å². The molecule has 0 radical (unpaired) electrons. The van der Waals surface area contributed by atoms with Crippen LogP contribution in [0.3, 0.4) is 0 Å². The third kappa shape index (κ3) is 4.30. The maximum atomic E-state index is 13.6. The average molecular weight is 434 g/mol. The van der Waals surface area contributed by atoms with Crippen LogP contribution in [0.5, 0.6) is 0 Å². The van der Waals surface area contributed by atoms with Gasteiger partial charge in [0, 0.05) is 12.7 Å². The molecule has 0 spiro atoms. The van der Waals surface area contributed by atoms with Crippen LogP contribution >= 0.6 is 11.6 Å². The third-order valence-electron chi connectivity index (χ3n) is 4.33. The van der Waals surface area contributed by atoms with Crippen molar-refractivity contribution in [1.29, 1.82) is 0 Å². The number of hydrogen-bond donors (Lipinski definition) is 2. The molecule has 0 aliphatic rings. The summed E-state index contributed by atoms with van der Waals surface area (Å²) in [6.07, 6.45) is 0. The normalized spacial score (nSPS) is 11.8. The van der Waals surface area contributed by atoms with Gasteiger partial charge in [0.1, 0.15) is 11.7 Å². The second kappa shape index (κ2) is 8.58. The molecule has 0 saturated heterocycles. The molecular formula is C20H18ClF2N5O2. The number of benzene rings is 1. The summed E-state index contributed by atoms with van der Waals surface area (Å²) in [6, 6.07) is 6.58. The van der Waals surface area contributed by atoms with Gasteiger partial charge in [-0.3, -0.25) is 9.59 Å². The van der Waals surface area contributed by atoms with Gasteiger partial charge in [-0.2, -0.15) is 5.10 Å². The molecule has 0 aliphatic heterocycles. The largest absolute Gasteiger partial charge is 0.357 e. The number of nitrogens with one attached hydrogen (secondary N) is 2. The molecule has 1 unspecified atom stereocenters. The number of aryl methyl sites for hydroxylation is 2. The molecule has 7 nitrogen and oxygen atoms in total. The Hall–Kier alpha value is -3.33. The van der Waals surface area contributed by atoms with E-state index in [1.165, 1.54) is 19.2 Å². The van der Waals surface area contributed by atoms with Crippen molar-refractivity contribution in [2.75, 3.05) is 7.05 Å². The van der Waals surface area contributed by atoms with E-state index in [2.05, 4.69) is 20.7 Å². The first-order chi connectivity index (χ1) is 14.2. The highest BCUT2D eigenvalue weighted by molar-refractivity contribution is 6.33. The Kier molecular flexibility index (Phi) is 6.12. The van der Waals surface area contributed by atoms with Crippen LogP contribution in [-0.2, 0) is 4.79 Å². The Labute approximate surface area is 176 Å². The molecule has 1 aromatic carbocycles. The maximum Gasteiger partial charge on any atom is 0.272 e. The minimum absolute atomic E-state index is 0.0544. The number of hydrogen-bond acceptors (Lipinski definition) is 4. The van der Waals surface area contributed by atoms with E-state index in [-0.39, 0.29) is 16.3 Å². The zero-order valence-corrected chi connectivity index (χ0v) is 17.1. The Bertz CT molecular complexity index is 1130. The molecule has 10 heteroatoms. The van der Waals surface area contributed by atoms with E-state index in [1.807, 2.05) is 19.9 Å². The van der Waals surface area contributed by atoms with E-state index < -0.39 is 29.5 Å². The van der Waals surface area contributed by atoms with Crippen molar-refractivity contribution in [3.8, 4) is 5.82 Å². The number of likely N-dealkylation sites (N-methyl/N-ethyl adjacent to an activating group) is 1. The summed E-state index contributed by atoms with van der Waals surface area (Å²) in [5.74, 6) is -3.23. The van der Waals surface area contributed by atoms with Crippen LogP contribution in [-0.4, -0.2) is 33.6 Å². The summed E-state index contributed by atoms with van der Waals surface area (Å²) in [5.41, 5.74) is 1.50. The number of nitrogens with zero attached hydrogens (tertiary/aromatic N) is 3. The predicted molar refractivity (Wildman–Crippen MR) is 106 cm³/mol. The molecule has 2 N–H and O–H groups in total. The number of pyridine rings is 1. The van der Waals surface area contributed by atoms with Gasteiger partial charge >= 0.3 is 0 Å². The summed E-state index contributed by atoms with van der Waals surface area (Å²) in [5, 5.41) is 9.22. The van der Waals surface area contributed by atoms with Gasteiger partial charge in [0.15, 0.2) is 17.5 Å². The van der Waals surface area contributed by atoms with Crippen LogP contribution in [0, 0.1) is 25.5 Å². The number of amides is 2. The highest BCUT2D eigenvalue weighted by Gasteiger charge is 2.25. The molecule has 30 heavy (non-hydrogen) atoms. The Balaban J connectivity index is 1.96. The third-order valence-corrected chi connectivity index (χ3v) is 4.64. The van der Waals surface area contributed by atoms with Crippen LogP contribution in [0.15, 0.2) is 36.4 Å². The number of halogens is 3. The zero-order chi connectivity index (χ0) is 22.0. The number of carbonyl (C=O) groups excluding carboxylic acids is 2. The first kappa shape index (κ1) is 21.4. The summed E-state index contributed by atoms with van der Waals surface area (Å²) in [6.45, 7) is 3.66. The number of rotatable bonds is 5. The smallest absolute Gasteiger partial charge is 0.272 e. The van der Waals surface area contributed by atoms with Gasteiger partial charge in [0.05, 0.1) is 10.7 Å². The highest BCUT2D eigenvalue weighted by Crippen LogP contribution is 2.21. The molecular weight excluding hydrogens is 416 g/mol. The molecule has 0 saturated carbocycles. The molecule has 0 fully saturated rings. The van der Waals surface area contributed by atoms with Crippen molar-refractivity contribution >= 4 is 23.4 Å². The molecule has 1 atom stereocenters. The molecule has 0 aliphatic carbocycles. The van der Waals surface area contributed by atoms with Crippen molar-refractivity contribution in [2.45, 2.75) is 19.9 Å². The van der Waals surface area contributed by atoms with E-state index in [1.54, 1.807) is 10.7 Å². The molecule has 2 amide bonds. The lowest BCUT2D eigenvalue weighted by molar-refractivity contribution is -0.122. The molecule has 3 aromatic rings. The van der Waals surface area contributed by atoms with Crippen LogP contribution < -0.4 is 10.6 Å². The monoisotopic (exact) mass is 433 g/mol. The first-order valence-corrected chi connectivity index (χ1v) is 9.26. The Morgan fingerprint density at radius 3 is 2.43 bits per heavy atom. The highest BCUT2D eigenvalue weighted by atomic mass is 35.5. The second-order valence-corrected chi connectivity index (χ2v) is 6.94. The first-order valence-electron chi connectivity index (χ1n) is 8.89. The lowest BCUT2D eigenvalue weighted by atomic mass is 10.1. The standard InChI is InChI=1S/C20H18ClF2N5O2/c1-10-8-11(2)28(27-10)16-7-5-13(21)18(25-16)20(30)26-17(19(29)24-3)12-4-6-14(22)15(23)9-12/h4-9,17H,1-3H3,(H,24,29)(H,26,30). The Morgan fingerprint density at radius 2 is 1.83 bits per heavy atom.